The second-order valence-corrected chi connectivity index (χ2v) is 23.2. The third-order valence-corrected chi connectivity index (χ3v) is 15.2. The zero-order chi connectivity index (χ0) is 68.6. The summed E-state index contributed by atoms with van der Waals surface area (Å²) in [5, 5.41) is 78.3. The Balaban J connectivity index is 1.52. The number of nitrogens with one attached hydrogen (secondary N) is 14. The normalized spacial score (nSPS) is 10.6. The number of nitrogens with two attached hydrogens (primary N) is 8. The molecule has 0 unspecified atom stereocenters. The van der Waals surface area contributed by atoms with Gasteiger partial charge >= 0.3 is 0 Å². The minimum Gasteiger partial charge on any atom is -0.489 e. The van der Waals surface area contributed by atoms with Crippen LogP contribution in [-0.4, -0.2) is 150 Å². The number of amidine groups is 4. The fourth-order valence-corrected chi connectivity index (χ4v) is 10.5. The number of benzene rings is 4. The van der Waals surface area contributed by atoms with E-state index in [1.807, 2.05) is 12.1 Å². The average molecular weight is 1350 g/mol. The zero-order valence-electron chi connectivity index (χ0n) is 52.7. The van der Waals surface area contributed by atoms with Crippen molar-refractivity contribution in [3.05, 3.63) is 71.8 Å². The van der Waals surface area contributed by atoms with Crippen LogP contribution in [0.2, 0.25) is 0 Å². The molecular formula is C60H92N22O10S2. The Morgan fingerprint density at radius 1 is 0.330 bits per heavy atom. The number of hydrogen-bond acceptors (Lipinski definition) is 20. The molecule has 0 heterocycles. The first-order chi connectivity index (χ1) is 45.1. The molecule has 2 amide bonds. The van der Waals surface area contributed by atoms with E-state index in [1.54, 1.807) is 48.5 Å². The van der Waals surface area contributed by atoms with Crippen LogP contribution in [0.5, 0.6) is 46.0 Å². The molecule has 34 heteroatoms. The first-order valence-corrected chi connectivity index (χ1v) is 32.7. The van der Waals surface area contributed by atoms with Gasteiger partial charge in [-0.3, -0.25) is 52.9 Å². The van der Waals surface area contributed by atoms with Crippen LogP contribution < -0.4 is 116 Å². The van der Waals surface area contributed by atoms with E-state index in [1.165, 1.54) is 21.6 Å². The van der Waals surface area contributed by atoms with E-state index in [0.717, 1.165) is 0 Å². The van der Waals surface area contributed by atoms with Crippen molar-refractivity contribution in [2.24, 2.45) is 45.9 Å². The Bertz CT molecular complexity index is 2990. The van der Waals surface area contributed by atoms with Gasteiger partial charge in [-0.25, -0.2) is 0 Å². The largest absolute Gasteiger partial charge is 0.489 e. The lowest BCUT2D eigenvalue weighted by Gasteiger charge is -2.23. The maximum Gasteiger partial charge on any atom is 0.221 e. The van der Waals surface area contributed by atoms with Crippen LogP contribution in [0.3, 0.4) is 0 Å². The molecule has 94 heavy (non-hydrogen) atoms. The molecule has 4 aromatic rings. The predicted octanol–water partition coefficient (Wildman–Crippen LogP) is 2.94. The third-order valence-electron chi connectivity index (χ3n) is 12.8. The Labute approximate surface area is 554 Å². The van der Waals surface area contributed by atoms with Crippen LogP contribution in [0.25, 0.3) is 22.3 Å². The van der Waals surface area contributed by atoms with E-state index in [0.29, 0.717) is 118 Å². The standard InChI is InChI=1S/C60H92N22O10S2/c61-45(62)11-3-25-87-51-37(15-17-41(55(51)91-31-23-79-59(73)74)39-7-1-9-43(85-29-21-77-57(69)70)53(39)89-27-5-13-47(65)66)35-81-49(83)19-33-93-94-34-20-50(84)82-36-38-16-18-42(56(92-32-24-80-60(75)76)52(38)88-26-4-12-46(63)64)40-8-2-10-44(86-30-22-78-58(71)72)54(40)90-28-6-14-48(67)68/h1-2,7-10,15-18H,3-6,11-14,19-36H2,(H3,61,62)(H3,63,64)(H3,65,66)(H3,67,68)(H,81,83)(H,82,84)(H4,69,70,77)(H4,71,72,78)(H4,73,74,79)(H4,75,76,80). The van der Waals surface area contributed by atoms with Gasteiger partial charge in [0.1, 0.15) is 26.4 Å². The third kappa shape index (κ3) is 29.4. The molecule has 0 bridgehead atoms. The highest BCUT2D eigenvalue weighted by Crippen LogP contribution is 2.49. The molecule has 32 nitrogen and oxygen atoms in total. The number of para-hydroxylation sites is 2. The summed E-state index contributed by atoms with van der Waals surface area (Å²) < 4.78 is 50.7. The molecule has 514 valence electrons. The SMILES string of the molecule is N=C(N)CCCOc1c(OCCNC(=N)N)cccc1-c1ccc(CNC(=O)CCSSCCC(=O)NCc2ccc(-c3cccc(OCCNC(=N)N)c3OCCCC(=N)N)c(OCCNC(=N)N)c2OCCCC(=N)N)c(OCCCC(=N)N)c1OCCNC(=N)N. The molecule has 30 N–H and O–H groups in total. The zero-order valence-corrected chi connectivity index (χ0v) is 54.3. The molecule has 0 aromatic heterocycles. The summed E-state index contributed by atoms with van der Waals surface area (Å²) in [6.07, 6.45) is 3.06. The van der Waals surface area contributed by atoms with Crippen LogP contribution >= 0.6 is 21.6 Å². The first-order valence-electron chi connectivity index (χ1n) is 30.2. The van der Waals surface area contributed by atoms with Crippen molar-refractivity contribution in [2.75, 3.05) is 90.5 Å². The summed E-state index contributed by atoms with van der Waals surface area (Å²) in [5.74, 6) is 1.97. The van der Waals surface area contributed by atoms with Crippen LogP contribution in [0.1, 0.15) is 75.3 Å². The summed E-state index contributed by atoms with van der Waals surface area (Å²) in [4.78, 5) is 27.0. The fraction of sp³-hybridized carbons (Fsp3) is 0.433. The van der Waals surface area contributed by atoms with Gasteiger partial charge in [0.2, 0.25) is 11.8 Å². The van der Waals surface area contributed by atoms with Gasteiger partial charge in [0.05, 0.1) is 75.9 Å². The molecule has 0 fully saturated rings. The number of hydrogen-bond donors (Lipinski definition) is 22. The second kappa shape index (κ2) is 42.8. The average Bonchev–Trinajstić information content (AvgIpc) is 0.792. The molecule has 0 radical (unpaired) electrons. The van der Waals surface area contributed by atoms with E-state index in [2.05, 4.69) is 31.9 Å². The van der Waals surface area contributed by atoms with E-state index in [9.17, 15) is 9.59 Å². The molecule has 0 aliphatic rings. The van der Waals surface area contributed by atoms with Crippen LogP contribution in [0, 0.1) is 43.3 Å². The minimum atomic E-state index is -0.257. The van der Waals surface area contributed by atoms with E-state index < -0.39 is 0 Å². The van der Waals surface area contributed by atoms with Gasteiger partial charge in [0.25, 0.3) is 0 Å². The second-order valence-electron chi connectivity index (χ2n) is 20.5. The molecule has 4 aromatic carbocycles. The maximum atomic E-state index is 13.5. The van der Waals surface area contributed by atoms with Crippen molar-refractivity contribution in [1.29, 1.82) is 43.3 Å². The molecule has 0 aliphatic heterocycles. The van der Waals surface area contributed by atoms with E-state index in [4.69, 9.17) is 127 Å². The molecule has 4 rings (SSSR count). The summed E-state index contributed by atoms with van der Waals surface area (Å²) in [6, 6.07) is 17.8. The van der Waals surface area contributed by atoms with E-state index >= 15 is 0 Å². The molecule has 0 aliphatic carbocycles. The highest BCUT2D eigenvalue weighted by molar-refractivity contribution is 8.76. The molecule has 0 saturated heterocycles. The summed E-state index contributed by atoms with van der Waals surface area (Å²) >= 11 is 0. The van der Waals surface area contributed by atoms with Gasteiger partial charge in [0.15, 0.2) is 69.8 Å². The van der Waals surface area contributed by atoms with Crippen LogP contribution in [-0.2, 0) is 22.7 Å². The monoisotopic (exact) mass is 1340 g/mol. The molecule has 0 atom stereocenters. The van der Waals surface area contributed by atoms with Gasteiger partial charge in [-0.05, 0) is 49.9 Å². The number of carbonyl (C=O) groups excluding carboxylic acids is 2. The lowest BCUT2D eigenvalue weighted by atomic mass is 9.99. The van der Waals surface area contributed by atoms with Gasteiger partial charge in [-0.15, -0.1) is 0 Å². The highest BCUT2D eigenvalue weighted by atomic mass is 33.1. The van der Waals surface area contributed by atoms with Gasteiger partial charge in [0, 0.05) is 96.5 Å². The fourth-order valence-electron chi connectivity index (χ4n) is 8.56. The Morgan fingerprint density at radius 2 is 0.617 bits per heavy atom. The van der Waals surface area contributed by atoms with Gasteiger partial charge in [-0.2, -0.15) is 0 Å². The molecule has 0 saturated carbocycles. The number of ether oxygens (including phenoxy) is 8. The first kappa shape index (κ1) is 76.3. The number of amides is 2. The maximum absolute atomic E-state index is 13.5. The molecular weight excluding hydrogens is 1250 g/mol. The Morgan fingerprint density at radius 3 is 0.926 bits per heavy atom. The predicted molar refractivity (Wildman–Crippen MR) is 370 cm³/mol. The number of guanidine groups is 4. The number of carbonyl (C=O) groups is 2. The van der Waals surface area contributed by atoms with Crippen molar-refractivity contribution in [3.8, 4) is 68.2 Å². The quantitative estimate of drug-likeness (QED) is 0.0131. The summed E-state index contributed by atoms with van der Waals surface area (Å²) in [7, 11) is 2.87. The summed E-state index contributed by atoms with van der Waals surface area (Å²) in [5.41, 5.74) is 48.1. The Hall–Kier alpha value is -10.1. The topological polar surface area (TPSA) is 579 Å². The van der Waals surface area contributed by atoms with Gasteiger partial charge < -0.3 is 116 Å². The smallest absolute Gasteiger partial charge is 0.221 e. The summed E-state index contributed by atoms with van der Waals surface area (Å²) in [6.45, 7) is 1.75. The van der Waals surface area contributed by atoms with E-state index in [-0.39, 0.29) is 188 Å². The minimum absolute atomic E-state index is 0.00948. The van der Waals surface area contributed by atoms with Crippen molar-refractivity contribution in [3.63, 3.8) is 0 Å². The van der Waals surface area contributed by atoms with Crippen molar-refractivity contribution in [2.45, 2.75) is 77.3 Å². The van der Waals surface area contributed by atoms with Crippen LogP contribution in [0.15, 0.2) is 60.7 Å². The molecule has 0 spiro atoms. The number of rotatable bonds is 49. The lowest BCUT2D eigenvalue weighted by Crippen LogP contribution is -2.33. The van der Waals surface area contributed by atoms with Crippen molar-refractivity contribution in [1.82, 2.24) is 31.9 Å². The Kier molecular flexibility index (Phi) is 34.8. The van der Waals surface area contributed by atoms with Crippen molar-refractivity contribution >= 4 is 80.6 Å². The highest BCUT2D eigenvalue weighted by Gasteiger charge is 2.26. The lowest BCUT2D eigenvalue weighted by molar-refractivity contribution is -0.121. The van der Waals surface area contributed by atoms with Crippen LogP contribution in [0.4, 0.5) is 0 Å². The van der Waals surface area contributed by atoms with Crippen molar-refractivity contribution < 1.29 is 47.5 Å². The van der Waals surface area contributed by atoms with Gasteiger partial charge in [-0.1, -0.05) is 58.0 Å².